The average molecular weight is 312 g/mol. The van der Waals surface area contributed by atoms with Crippen LogP contribution < -0.4 is 10.0 Å². The number of hydrogen-bond acceptors (Lipinski definition) is 4. The highest BCUT2D eigenvalue weighted by atomic mass is 32.2. The molecule has 1 heterocycles. The van der Waals surface area contributed by atoms with Gasteiger partial charge in [0.05, 0.1) is 11.9 Å². The van der Waals surface area contributed by atoms with Crippen LogP contribution in [0.25, 0.3) is 0 Å². The molecular weight excluding hydrogens is 292 g/mol. The number of amides is 1. The second-order valence-electron chi connectivity index (χ2n) is 4.93. The van der Waals surface area contributed by atoms with Crippen molar-refractivity contribution < 1.29 is 17.9 Å². The third-order valence-electron chi connectivity index (χ3n) is 3.29. The Kier molecular flexibility index (Phi) is 5.19. The van der Waals surface area contributed by atoms with Crippen LogP contribution in [0.2, 0.25) is 0 Å². The number of benzene rings is 1. The van der Waals surface area contributed by atoms with E-state index in [0.29, 0.717) is 17.8 Å². The van der Waals surface area contributed by atoms with Crippen LogP contribution in [0.4, 0.5) is 5.69 Å². The Morgan fingerprint density at radius 2 is 2.24 bits per heavy atom. The van der Waals surface area contributed by atoms with Crippen molar-refractivity contribution in [3.63, 3.8) is 0 Å². The Morgan fingerprint density at radius 1 is 1.43 bits per heavy atom. The molecule has 0 aromatic heterocycles. The number of ether oxygens (including phenoxy) is 1. The van der Waals surface area contributed by atoms with Gasteiger partial charge in [-0.3, -0.25) is 9.52 Å². The summed E-state index contributed by atoms with van der Waals surface area (Å²) in [6.45, 7) is 2.78. The van der Waals surface area contributed by atoms with E-state index in [-0.39, 0.29) is 17.8 Å². The highest BCUT2D eigenvalue weighted by Crippen LogP contribution is 2.14. The molecule has 116 valence electrons. The molecule has 1 aromatic rings. The fourth-order valence-electron chi connectivity index (χ4n) is 2.09. The molecule has 0 unspecified atom stereocenters. The first-order chi connectivity index (χ1) is 10.00. The van der Waals surface area contributed by atoms with E-state index in [4.69, 9.17) is 4.74 Å². The van der Waals surface area contributed by atoms with Gasteiger partial charge in [0.2, 0.25) is 10.0 Å². The molecule has 0 spiro atoms. The summed E-state index contributed by atoms with van der Waals surface area (Å²) in [6.07, 6.45) is 2.06. The highest BCUT2D eigenvalue weighted by Gasteiger charge is 2.17. The molecule has 1 amide bonds. The van der Waals surface area contributed by atoms with Gasteiger partial charge in [-0.25, -0.2) is 8.42 Å². The predicted molar refractivity (Wildman–Crippen MR) is 80.8 cm³/mol. The molecule has 1 atom stereocenters. The van der Waals surface area contributed by atoms with E-state index in [2.05, 4.69) is 10.0 Å². The monoisotopic (exact) mass is 312 g/mol. The van der Waals surface area contributed by atoms with Crippen LogP contribution in [-0.4, -0.2) is 39.3 Å². The molecule has 0 radical (unpaired) electrons. The molecule has 1 fully saturated rings. The second-order valence-corrected chi connectivity index (χ2v) is 6.94. The van der Waals surface area contributed by atoms with E-state index in [1.54, 1.807) is 25.1 Å². The first-order valence-corrected chi connectivity index (χ1v) is 8.66. The van der Waals surface area contributed by atoms with E-state index in [9.17, 15) is 13.2 Å². The number of hydrogen-bond donors (Lipinski definition) is 2. The molecule has 1 aliphatic heterocycles. The molecule has 0 bridgehead atoms. The van der Waals surface area contributed by atoms with Gasteiger partial charge in [-0.1, -0.05) is 6.07 Å². The minimum absolute atomic E-state index is 0.0115. The molecule has 2 rings (SSSR count). The zero-order valence-electron chi connectivity index (χ0n) is 12.0. The van der Waals surface area contributed by atoms with Crippen molar-refractivity contribution in [1.82, 2.24) is 5.32 Å². The van der Waals surface area contributed by atoms with Gasteiger partial charge in [-0.05, 0) is 38.0 Å². The lowest BCUT2D eigenvalue weighted by Crippen LogP contribution is -2.31. The van der Waals surface area contributed by atoms with Gasteiger partial charge in [-0.2, -0.15) is 0 Å². The predicted octanol–water partition coefficient (Wildman–Crippen LogP) is 1.36. The maximum absolute atomic E-state index is 12.0. The second kappa shape index (κ2) is 6.91. The van der Waals surface area contributed by atoms with Gasteiger partial charge in [0.1, 0.15) is 0 Å². The van der Waals surface area contributed by atoms with Crippen molar-refractivity contribution in [3.8, 4) is 0 Å². The summed E-state index contributed by atoms with van der Waals surface area (Å²) >= 11 is 0. The minimum Gasteiger partial charge on any atom is -0.376 e. The van der Waals surface area contributed by atoms with E-state index in [1.165, 1.54) is 6.07 Å². The largest absolute Gasteiger partial charge is 0.376 e. The Hall–Kier alpha value is -1.60. The van der Waals surface area contributed by atoms with E-state index >= 15 is 0 Å². The van der Waals surface area contributed by atoms with Crippen molar-refractivity contribution >= 4 is 21.6 Å². The number of anilines is 1. The number of sulfonamides is 1. The molecule has 1 aromatic carbocycles. The Bertz CT molecular complexity index is 595. The Morgan fingerprint density at radius 3 is 2.90 bits per heavy atom. The summed E-state index contributed by atoms with van der Waals surface area (Å²) in [7, 11) is -3.34. The van der Waals surface area contributed by atoms with Crippen molar-refractivity contribution in [2.45, 2.75) is 25.9 Å². The SMILES string of the molecule is CCS(=O)(=O)Nc1cccc(C(=O)NC[C@H]2CCCO2)c1. The first-order valence-electron chi connectivity index (χ1n) is 7.00. The van der Waals surface area contributed by atoms with Gasteiger partial charge in [0.25, 0.3) is 5.91 Å². The fraction of sp³-hybridized carbons (Fsp3) is 0.500. The van der Waals surface area contributed by atoms with Crippen LogP contribution in [-0.2, 0) is 14.8 Å². The molecule has 6 nitrogen and oxygen atoms in total. The van der Waals surface area contributed by atoms with E-state index < -0.39 is 10.0 Å². The quantitative estimate of drug-likeness (QED) is 0.830. The molecule has 1 aliphatic rings. The van der Waals surface area contributed by atoms with Gasteiger partial charge in [0.15, 0.2) is 0 Å². The average Bonchev–Trinajstić information content (AvgIpc) is 2.98. The standard InChI is InChI=1S/C14H20N2O4S/c1-2-21(18,19)16-12-6-3-5-11(9-12)14(17)15-10-13-7-4-8-20-13/h3,5-6,9,13,16H,2,4,7-8,10H2,1H3,(H,15,17)/t13-/m1/s1. The van der Waals surface area contributed by atoms with E-state index in [1.807, 2.05) is 0 Å². The molecule has 0 saturated carbocycles. The summed E-state index contributed by atoms with van der Waals surface area (Å²) in [6, 6.07) is 6.44. The summed E-state index contributed by atoms with van der Waals surface area (Å²) in [5, 5.41) is 2.80. The van der Waals surface area contributed by atoms with Gasteiger partial charge in [-0.15, -0.1) is 0 Å². The number of carbonyl (C=O) groups excluding carboxylic acids is 1. The molecular formula is C14H20N2O4S. The van der Waals surface area contributed by atoms with Crippen LogP contribution in [0.3, 0.4) is 0 Å². The van der Waals surface area contributed by atoms with E-state index in [0.717, 1.165) is 19.4 Å². The molecule has 21 heavy (non-hydrogen) atoms. The first kappa shape index (κ1) is 15.8. The van der Waals surface area contributed by atoms with Crippen molar-refractivity contribution in [1.29, 1.82) is 0 Å². The van der Waals surface area contributed by atoms with Crippen LogP contribution in [0.5, 0.6) is 0 Å². The lowest BCUT2D eigenvalue weighted by Gasteiger charge is -2.11. The van der Waals surface area contributed by atoms with Crippen LogP contribution in [0.15, 0.2) is 24.3 Å². The summed E-state index contributed by atoms with van der Waals surface area (Å²) in [4.78, 5) is 12.0. The Balaban J connectivity index is 1.97. The number of carbonyl (C=O) groups is 1. The van der Waals surface area contributed by atoms with Crippen LogP contribution in [0, 0.1) is 0 Å². The molecule has 0 aliphatic carbocycles. The molecule has 2 N–H and O–H groups in total. The normalized spacial score (nSPS) is 18.4. The Labute approximate surface area is 124 Å². The summed E-state index contributed by atoms with van der Waals surface area (Å²) in [5.74, 6) is -0.245. The smallest absolute Gasteiger partial charge is 0.251 e. The van der Waals surface area contributed by atoms with Crippen LogP contribution in [0.1, 0.15) is 30.1 Å². The van der Waals surface area contributed by atoms with Crippen molar-refractivity contribution in [2.75, 3.05) is 23.6 Å². The zero-order valence-corrected chi connectivity index (χ0v) is 12.8. The van der Waals surface area contributed by atoms with Gasteiger partial charge in [0, 0.05) is 24.4 Å². The zero-order chi connectivity index (χ0) is 15.3. The minimum atomic E-state index is -3.34. The number of rotatable bonds is 6. The fourth-order valence-corrected chi connectivity index (χ4v) is 2.72. The van der Waals surface area contributed by atoms with Crippen LogP contribution >= 0.6 is 0 Å². The van der Waals surface area contributed by atoms with Crippen molar-refractivity contribution in [2.24, 2.45) is 0 Å². The maximum atomic E-state index is 12.0. The molecule has 1 saturated heterocycles. The van der Waals surface area contributed by atoms with Gasteiger partial charge >= 0.3 is 0 Å². The van der Waals surface area contributed by atoms with Crippen molar-refractivity contribution in [3.05, 3.63) is 29.8 Å². The third kappa shape index (κ3) is 4.71. The number of nitrogens with one attached hydrogen (secondary N) is 2. The summed E-state index contributed by atoms with van der Waals surface area (Å²) < 4.78 is 30.9. The maximum Gasteiger partial charge on any atom is 0.251 e. The topological polar surface area (TPSA) is 84.5 Å². The lowest BCUT2D eigenvalue weighted by molar-refractivity contribution is 0.0858. The third-order valence-corrected chi connectivity index (χ3v) is 4.60. The van der Waals surface area contributed by atoms with Gasteiger partial charge < -0.3 is 10.1 Å². The summed E-state index contributed by atoms with van der Waals surface area (Å²) in [5.41, 5.74) is 0.811. The highest BCUT2D eigenvalue weighted by molar-refractivity contribution is 7.92. The lowest BCUT2D eigenvalue weighted by atomic mass is 10.2. The molecule has 7 heteroatoms.